The number of hydrogen-bond donors (Lipinski definition) is 1. The minimum Gasteiger partial charge on any atom is -0.481 e. The van der Waals surface area contributed by atoms with Crippen molar-refractivity contribution in [3.05, 3.63) is 88.3 Å². The molecule has 0 spiro atoms. The lowest BCUT2D eigenvalue weighted by atomic mass is 10.0. The van der Waals surface area contributed by atoms with Crippen LogP contribution in [-0.2, 0) is 6.54 Å². The van der Waals surface area contributed by atoms with E-state index in [1.54, 1.807) is 24.4 Å². The van der Waals surface area contributed by atoms with Crippen LogP contribution in [0.25, 0.3) is 22.0 Å². The lowest BCUT2D eigenvalue weighted by Gasteiger charge is -2.14. The summed E-state index contributed by atoms with van der Waals surface area (Å²) in [4.78, 5) is 27.5. The molecule has 2 heterocycles. The molecular formula is C23H16F2N2O5. The maximum absolute atomic E-state index is 14.9. The molecule has 0 amide bonds. The second-order valence-corrected chi connectivity index (χ2v) is 6.85. The molecule has 0 saturated carbocycles. The average Bonchev–Trinajstić information content (AvgIpc) is 2.78. The number of methoxy groups -OCH3 is 1. The summed E-state index contributed by atoms with van der Waals surface area (Å²) in [6, 6.07) is 11.7. The van der Waals surface area contributed by atoms with Crippen LogP contribution in [0.1, 0.15) is 5.56 Å². The smallest absolute Gasteiger partial charge is 0.481 e. The lowest BCUT2D eigenvalue weighted by molar-refractivity contribution is 0.144. The van der Waals surface area contributed by atoms with Gasteiger partial charge in [0.25, 0.3) is 0 Å². The van der Waals surface area contributed by atoms with Crippen molar-refractivity contribution in [1.82, 2.24) is 9.55 Å². The van der Waals surface area contributed by atoms with Crippen molar-refractivity contribution in [1.29, 1.82) is 0 Å². The third kappa shape index (κ3) is 4.00. The lowest BCUT2D eigenvalue weighted by Crippen LogP contribution is -2.17. The zero-order valence-corrected chi connectivity index (χ0v) is 16.7. The van der Waals surface area contributed by atoms with Gasteiger partial charge in [0.15, 0.2) is 5.75 Å². The molecule has 2 aromatic heterocycles. The molecule has 0 atom stereocenters. The molecule has 0 aliphatic carbocycles. The highest BCUT2D eigenvalue weighted by molar-refractivity contribution is 5.81. The molecule has 0 unspecified atom stereocenters. The Labute approximate surface area is 180 Å². The summed E-state index contributed by atoms with van der Waals surface area (Å²) in [6.07, 6.45) is 0.920. The van der Waals surface area contributed by atoms with Crippen LogP contribution in [0.3, 0.4) is 0 Å². The van der Waals surface area contributed by atoms with Crippen molar-refractivity contribution in [2.75, 3.05) is 7.11 Å². The fourth-order valence-electron chi connectivity index (χ4n) is 3.39. The number of pyridine rings is 2. The topological polar surface area (TPSA) is 90.6 Å². The molecule has 0 aliphatic heterocycles. The van der Waals surface area contributed by atoms with Crippen molar-refractivity contribution in [3.8, 4) is 22.8 Å². The Balaban J connectivity index is 1.76. The van der Waals surface area contributed by atoms with E-state index in [4.69, 9.17) is 9.84 Å². The van der Waals surface area contributed by atoms with E-state index < -0.39 is 29.0 Å². The van der Waals surface area contributed by atoms with Crippen molar-refractivity contribution < 1.29 is 28.2 Å². The van der Waals surface area contributed by atoms with E-state index in [0.29, 0.717) is 17.0 Å². The SMILES string of the molecule is COc1ccc(-c2ccc(Cn3cc(OC(=O)O)c(=O)c4cccc(F)c43)c(F)c2)cn1. The fourth-order valence-corrected chi connectivity index (χ4v) is 3.39. The van der Waals surface area contributed by atoms with Crippen LogP contribution in [0.5, 0.6) is 11.6 Å². The standard InChI is InChI=1S/C23H16F2N2O5/c1-31-20-8-7-14(10-26-20)13-5-6-15(18(25)9-13)11-27-12-19(32-23(29)30)22(28)16-3-2-4-17(24)21(16)27/h2-10,12H,11H2,1H3,(H,29,30). The van der Waals surface area contributed by atoms with E-state index in [1.165, 1.54) is 35.9 Å². The van der Waals surface area contributed by atoms with Gasteiger partial charge >= 0.3 is 6.16 Å². The third-order valence-corrected chi connectivity index (χ3v) is 4.89. The molecule has 0 saturated heterocycles. The third-order valence-electron chi connectivity index (χ3n) is 4.89. The monoisotopic (exact) mass is 438 g/mol. The van der Waals surface area contributed by atoms with E-state index in [2.05, 4.69) is 9.72 Å². The molecule has 0 aliphatic rings. The van der Waals surface area contributed by atoms with Crippen LogP contribution >= 0.6 is 0 Å². The molecule has 4 rings (SSSR count). The van der Waals surface area contributed by atoms with Gasteiger partial charge in [-0.3, -0.25) is 4.79 Å². The van der Waals surface area contributed by atoms with Crippen LogP contribution in [0, 0.1) is 11.6 Å². The highest BCUT2D eigenvalue weighted by Crippen LogP contribution is 2.25. The summed E-state index contributed by atoms with van der Waals surface area (Å²) < 4.78 is 40.3. The van der Waals surface area contributed by atoms with Gasteiger partial charge in [0.1, 0.15) is 11.6 Å². The highest BCUT2D eigenvalue weighted by Gasteiger charge is 2.17. The Morgan fingerprint density at radius 1 is 1.09 bits per heavy atom. The van der Waals surface area contributed by atoms with Gasteiger partial charge in [0, 0.05) is 23.4 Å². The molecule has 162 valence electrons. The van der Waals surface area contributed by atoms with Crippen LogP contribution in [-0.4, -0.2) is 27.9 Å². The van der Waals surface area contributed by atoms with E-state index in [9.17, 15) is 18.4 Å². The number of hydrogen-bond acceptors (Lipinski definition) is 5. The van der Waals surface area contributed by atoms with E-state index in [0.717, 1.165) is 12.3 Å². The quantitative estimate of drug-likeness (QED) is 0.463. The minimum atomic E-state index is -1.69. The number of ether oxygens (including phenoxy) is 2. The zero-order valence-electron chi connectivity index (χ0n) is 16.7. The average molecular weight is 438 g/mol. The first-order chi connectivity index (χ1) is 15.4. The number of para-hydroxylation sites is 1. The second kappa shape index (κ2) is 8.46. The van der Waals surface area contributed by atoms with Crippen LogP contribution < -0.4 is 14.9 Å². The predicted molar refractivity (Wildman–Crippen MR) is 112 cm³/mol. The van der Waals surface area contributed by atoms with Crippen LogP contribution in [0.4, 0.5) is 13.6 Å². The van der Waals surface area contributed by atoms with Gasteiger partial charge in [-0.25, -0.2) is 18.6 Å². The Morgan fingerprint density at radius 3 is 2.53 bits per heavy atom. The van der Waals surface area contributed by atoms with Crippen molar-refractivity contribution >= 4 is 17.1 Å². The molecule has 2 aromatic carbocycles. The summed E-state index contributed by atoms with van der Waals surface area (Å²) in [6.45, 7) is -0.166. The number of nitrogens with zero attached hydrogens (tertiary/aromatic N) is 2. The fraction of sp³-hybridized carbons (Fsp3) is 0.0870. The summed E-state index contributed by atoms with van der Waals surface area (Å²) >= 11 is 0. The Bertz CT molecular complexity index is 1380. The first-order valence-electron chi connectivity index (χ1n) is 9.38. The minimum absolute atomic E-state index is 0.0786. The van der Waals surface area contributed by atoms with Crippen LogP contribution in [0.2, 0.25) is 0 Å². The number of benzene rings is 2. The second-order valence-electron chi connectivity index (χ2n) is 6.85. The Kier molecular flexibility index (Phi) is 5.55. The molecular weight excluding hydrogens is 422 g/mol. The number of fused-ring (bicyclic) bond motifs is 1. The maximum Gasteiger partial charge on any atom is 0.511 e. The number of rotatable bonds is 5. The van der Waals surface area contributed by atoms with Gasteiger partial charge in [-0.1, -0.05) is 18.2 Å². The summed E-state index contributed by atoms with van der Waals surface area (Å²) in [5, 5.41) is 8.82. The zero-order chi connectivity index (χ0) is 22.8. The number of halogens is 2. The molecule has 0 radical (unpaired) electrons. The molecule has 0 fully saturated rings. The van der Waals surface area contributed by atoms with Gasteiger partial charge in [-0.15, -0.1) is 0 Å². The van der Waals surface area contributed by atoms with Gasteiger partial charge < -0.3 is 19.1 Å². The summed E-state index contributed by atoms with van der Waals surface area (Å²) in [5.74, 6) is -1.35. The van der Waals surface area contributed by atoms with E-state index in [-0.39, 0.29) is 23.0 Å². The maximum atomic E-state index is 14.9. The Hall–Kier alpha value is -4.27. The molecule has 9 heteroatoms. The number of carboxylic acid groups (broad SMARTS) is 1. The molecule has 4 aromatic rings. The normalized spacial score (nSPS) is 10.8. The van der Waals surface area contributed by atoms with Gasteiger partial charge in [-0.2, -0.15) is 0 Å². The molecule has 0 bridgehead atoms. The summed E-state index contributed by atoms with van der Waals surface area (Å²) in [5.41, 5.74) is 0.587. The molecule has 1 N–H and O–H groups in total. The Morgan fingerprint density at radius 2 is 1.88 bits per heavy atom. The first kappa shape index (κ1) is 21.0. The molecule has 7 nitrogen and oxygen atoms in total. The van der Waals surface area contributed by atoms with E-state index in [1.807, 2.05) is 0 Å². The first-order valence-corrected chi connectivity index (χ1v) is 9.38. The van der Waals surface area contributed by atoms with Crippen LogP contribution in [0.15, 0.2) is 65.7 Å². The van der Waals surface area contributed by atoms with E-state index >= 15 is 0 Å². The van der Waals surface area contributed by atoms with Crippen molar-refractivity contribution in [2.24, 2.45) is 0 Å². The highest BCUT2D eigenvalue weighted by atomic mass is 19.1. The van der Waals surface area contributed by atoms with Gasteiger partial charge in [-0.05, 0) is 29.8 Å². The van der Waals surface area contributed by atoms with Gasteiger partial charge in [0.2, 0.25) is 11.3 Å². The number of carbonyl (C=O) groups is 1. The largest absolute Gasteiger partial charge is 0.511 e. The number of aromatic nitrogens is 2. The van der Waals surface area contributed by atoms with Crippen molar-refractivity contribution in [3.63, 3.8) is 0 Å². The molecule has 32 heavy (non-hydrogen) atoms. The van der Waals surface area contributed by atoms with Gasteiger partial charge in [0.05, 0.1) is 30.8 Å². The van der Waals surface area contributed by atoms with Crippen molar-refractivity contribution in [2.45, 2.75) is 6.54 Å². The predicted octanol–water partition coefficient (Wildman–Crippen LogP) is 4.46. The summed E-state index contributed by atoms with van der Waals surface area (Å²) in [7, 11) is 1.49.